The minimum atomic E-state index is -0.999. The lowest BCUT2D eigenvalue weighted by Gasteiger charge is -2.02. The largest absolute Gasteiger partial charge is 0.384 e. The summed E-state index contributed by atoms with van der Waals surface area (Å²) in [4.78, 5) is 3.90. The second-order valence-corrected chi connectivity index (χ2v) is 4.48. The van der Waals surface area contributed by atoms with Gasteiger partial charge in [0.2, 0.25) is 0 Å². The Morgan fingerprint density at radius 1 is 1.67 bits per heavy atom. The summed E-state index contributed by atoms with van der Waals surface area (Å²) in [6, 6.07) is 5.49. The second kappa shape index (κ2) is 6.27. The smallest absolute Gasteiger partial charge is 0.144 e. The van der Waals surface area contributed by atoms with Gasteiger partial charge in [-0.15, -0.1) is 0 Å². The van der Waals surface area contributed by atoms with E-state index in [0.29, 0.717) is 23.8 Å². The number of aromatic nitrogens is 1. The quantitative estimate of drug-likeness (QED) is 0.743. The first kappa shape index (κ1) is 11.8. The molecule has 0 aliphatic rings. The number of rotatable bonds is 5. The minimum Gasteiger partial charge on any atom is -0.384 e. The number of hydrogen-bond acceptors (Lipinski definition) is 4. The molecule has 0 saturated carbocycles. The van der Waals surface area contributed by atoms with E-state index in [0.717, 1.165) is 5.56 Å². The molecule has 1 aromatic heterocycles. The van der Waals surface area contributed by atoms with E-state index in [9.17, 15) is 4.21 Å². The van der Waals surface area contributed by atoms with Gasteiger partial charge in [-0.05, 0) is 6.07 Å². The molecular formula is C10H12N2O2S. The van der Waals surface area contributed by atoms with Crippen LogP contribution in [0, 0.1) is 11.3 Å². The standard InChI is InChI=1S/C10H12N2O2S/c1-14-5-6-15(13)8-9-3-2-4-12-10(9)7-11/h2-4H,5-6,8H2,1H3. The summed E-state index contributed by atoms with van der Waals surface area (Å²) in [7, 11) is 0.573. The summed E-state index contributed by atoms with van der Waals surface area (Å²) in [5.41, 5.74) is 1.08. The average Bonchev–Trinajstić information content (AvgIpc) is 2.27. The molecule has 1 heterocycles. The zero-order chi connectivity index (χ0) is 11.1. The Hall–Kier alpha value is -1.25. The van der Waals surface area contributed by atoms with E-state index < -0.39 is 10.8 Å². The Kier molecular flexibility index (Phi) is 4.95. The van der Waals surface area contributed by atoms with Crippen molar-refractivity contribution >= 4 is 10.8 Å². The molecule has 5 heteroatoms. The normalized spacial score (nSPS) is 12.0. The fourth-order valence-corrected chi connectivity index (χ4v) is 2.15. The Bertz CT molecular complexity index is 387. The van der Waals surface area contributed by atoms with Gasteiger partial charge in [0.25, 0.3) is 0 Å². The van der Waals surface area contributed by atoms with Crippen LogP contribution in [0.5, 0.6) is 0 Å². The SMILES string of the molecule is COCCS(=O)Cc1cccnc1C#N. The molecule has 80 valence electrons. The first-order valence-electron chi connectivity index (χ1n) is 4.46. The van der Waals surface area contributed by atoms with Crippen LogP contribution in [-0.2, 0) is 21.3 Å². The van der Waals surface area contributed by atoms with Crippen LogP contribution >= 0.6 is 0 Å². The summed E-state index contributed by atoms with van der Waals surface area (Å²) in [5, 5.41) is 8.77. The molecule has 1 atom stereocenters. The van der Waals surface area contributed by atoms with Gasteiger partial charge in [-0.25, -0.2) is 4.98 Å². The third kappa shape index (κ3) is 3.78. The Labute approximate surface area is 91.4 Å². The van der Waals surface area contributed by atoms with Gasteiger partial charge >= 0.3 is 0 Å². The van der Waals surface area contributed by atoms with Crippen molar-refractivity contribution in [2.24, 2.45) is 0 Å². The predicted molar refractivity (Wildman–Crippen MR) is 57.5 cm³/mol. The molecule has 0 amide bonds. The van der Waals surface area contributed by atoms with Gasteiger partial charge in [-0.3, -0.25) is 4.21 Å². The number of ether oxygens (including phenoxy) is 1. The maximum Gasteiger partial charge on any atom is 0.144 e. The number of methoxy groups -OCH3 is 1. The Balaban J connectivity index is 2.64. The summed E-state index contributed by atoms with van der Waals surface area (Å²) in [5.74, 6) is 0.844. The molecule has 0 N–H and O–H groups in total. The number of nitriles is 1. The van der Waals surface area contributed by atoms with Crippen LogP contribution in [0.2, 0.25) is 0 Å². The summed E-state index contributed by atoms with van der Waals surface area (Å²) < 4.78 is 16.4. The van der Waals surface area contributed by atoms with Crippen molar-refractivity contribution in [2.45, 2.75) is 5.75 Å². The maximum absolute atomic E-state index is 11.5. The van der Waals surface area contributed by atoms with Crippen LogP contribution in [0.25, 0.3) is 0 Å². The van der Waals surface area contributed by atoms with Crippen LogP contribution in [0.3, 0.4) is 0 Å². The molecule has 0 aliphatic carbocycles. The first-order chi connectivity index (χ1) is 7.27. The molecular weight excluding hydrogens is 212 g/mol. The highest BCUT2D eigenvalue weighted by Crippen LogP contribution is 2.07. The van der Waals surface area contributed by atoms with Gasteiger partial charge in [-0.1, -0.05) is 6.07 Å². The highest BCUT2D eigenvalue weighted by atomic mass is 32.2. The lowest BCUT2D eigenvalue weighted by Crippen LogP contribution is -2.07. The van der Waals surface area contributed by atoms with E-state index >= 15 is 0 Å². The highest BCUT2D eigenvalue weighted by molar-refractivity contribution is 7.84. The van der Waals surface area contributed by atoms with Crippen molar-refractivity contribution in [3.63, 3.8) is 0 Å². The van der Waals surface area contributed by atoms with Crippen LogP contribution in [0.4, 0.5) is 0 Å². The summed E-state index contributed by atoms with van der Waals surface area (Å²) in [6.45, 7) is 0.467. The Morgan fingerprint density at radius 2 is 2.47 bits per heavy atom. The molecule has 0 radical (unpaired) electrons. The van der Waals surface area contributed by atoms with Crippen molar-refractivity contribution in [3.8, 4) is 6.07 Å². The monoisotopic (exact) mass is 224 g/mol. The lowest BCUT2D eigenvalue weighted by atomic mass is 10.2. The maximum atomic E-state index is 11.5. The van der Waals surface area contributed by atoms with Gasteiger partial charge in [-0.2, -0.15) is 5.26 Å². The third-order valence-corrected chi connectivity index (χ3v) is 3.08. The topological polar surface area (TPSA) is 63.0 Å². The third-order valence-electron chi connectivity index (χ3n) is 1.83. The molecule has 1 aromatic rings. The summed E-state index contributed by atoms with van der Waals surface area (Å²) >= 11 is 0. The van der Waals surface area contributed by atoms with E-state index in [1.165, 1.54) is 0 Å². The van der Waals surface area contributed by atoms with Gasteiger partial charge in [0, 0.05) is 35.4 Å². The summed E-state index contributed by atoms with van der Waals surface area (Å²) in [6.07, 6.45) is 1.56. The van der Waals surface area contributed by atoms with Crippen molar-refractivity contribution in [1.82, 2.24) is 4.98 Å². The van der Waals surface area contributed by atoms with Crippen molar-refractivity contribution < 1.29 is 8.95 Å². The molecule has 1 rings (SSSR count). The Morgan fingerprint density at radius 3 is 3.13 bits per heavy atom. The molecule has 4 nitrogen and oxygen atoms in total. The molecule has 0 fully saturated rings. The van der Waals surface area contributed by atoms with E-state index in [-0.39, 0.29) is 0 Å². The fourth-order valence-electron chi connectivity index (χ4n) is 1.08. The zero-order valence-corrected chi connectivity index (χ0v) is 9.29. The number of pyridine rings is 1. The second-order valence-electron chi connectivity index (χ2n) is 2.90. The van der Waals surface area contributed by atoms with Gasteiger partial charge in [0.05, 0.1) is 12.4 Å². The van der Waals surface area contributed by atoms with Gasteiger partial charge in [0.15, 0.2) is 0 Å². The first-order valence-corrected chi connectivity index (χ1v) is 5.94. The predicted octanol–water partition coefficient (Wildman–Crippen LogP) is 0.848. The highest BCUT2D eigenvalue weighted by Gasteiger charge is 2.06. The van der Waals surface area contributed by atoms with E-state index in [1.807, 2.05) is 6.07 Å². The fraction of sp³-hybridized carbons (Fsp3) is 0.400. The minimum absolute atomic E-state index is 0.350. The van der Waals surface area contributed by atoms with E-state index in [2.05, 4.69) is 4.98 Å². The average molecular weight is 224 g/mol. The lowest BCUT2D eigenvalue weighted by molar-refractivity contribution is 0.218. The van der Waals surface area contributed by atoms with Crippen molar-refractivity contribution in [3.05, 3.63) is 29.6 Å². The zero-order valence-electron chi connectivity index (χ0n) is 8.47. The molecule has 0 bridgehead atoms. The van der Waals surface area contributed by atoms with Gasteiger partial charge < -0.3 is 4.74 Å². The van der Waals surface area contributed by atoms with Crippen molar-refractivity contribution in [1.29, 1.82) is 5.26 Å². The van der Waals surface area contributed by atoms with Crippen LogP contribution in [0.15, 0.2) is 18.3 Å². The van der Waals surface area contributed by atoms with Crippen LogP contribution < -0.4 is 0 Å². The van der Waals surface area contributed by atoms with E-state index in [1.54, 1.807) is 25.4 Å². The molecule has 0 spiro atoms. The van der Waals surface area contributed by atoms with Crippen LogP contribution in [-0.4, -0.2) is 28.7 Å². The van der Waals surface area contributed by atoms with E-state index in [4.69, 9.17) is 10.00 Å². The molecule has 1 unspecified atom stereocenters. The van der Waals surface area contributed by atoms with Crippen LogP contribution in [0.1, 0.15) is 11.3 Å². The molecule has 0 aromatic carbocycles. The number of hydrogen-bond donors (Lipinski definition) is 0. The molecule has 15 heavy (non-hydrogen) atoms. The molecule has 0 saturated heterocycles. The van der Waals surface area contributed by atoms with Crippen molar-refractivity contribution in [2.75, 3.05) is 19.5 Å². The molecule has 0 aliphatic heterocycles. The van der Waals surface area contributed by atoms with Gasteiger partial charge in [0.1, 0.15) is 11.8 Å². The number of nitrogens with zero attached hydrogens (tertiary/aromatic N) is 2.